The third kappa shape index (κ3) is 6.82. The normalized spacial score (nSPS) is 10.9. The third-order valence-electron chi connectivity index (χ3n) is 5.39. The Balaban J connectivity index is 1.75. The number of nitrogens with one attached hydrogen (secondary N) is 1. The lowest BCUT2D eigenvalue weighted by molar-refractivity contribution is 0.0948. The lowest BCUT2D eigenvalue weighted by atomic mass is 10.2. The number of carbonyl (C=O) groups is 1. The van der Waals surface area contributed by atoms with E-state index in [9.17, 15) is 4.79 Å². The van der Waals surface area contributed by atoms with Gasteiger partial charge in [0.1, 0.15) is 23.1 Å². The molecule has 1 amide bonds. The molecule has 0 bridgehead atoms. The molecule has 2 heterocycles. The van der Waals surface area contributed by atoms with Crippen LogP contribution in [0.15, 0.2) is 35.7 Å². The van der Waals surface area contributed by atoms with E-state index in [1.807, 2.05) is 42.6 Å². The van der Waals surface area contributed by atoms with Crippen molar-refractivity contribution >= 4 is 17.2 Å². The van der Waals surface area contributed by atoms with E-state index in [-0.39, 0.29) is 5.91 Å². The molecule has 0 atom stereocenters. The smallest absolute Gasteiger partial charge is 0.253 e. The summed E-state index contributed by atoms with van der Waals surface area (Å²) in [5, 5.41) is 5.85. The average Bonchev–Trinajstić information content (AvgIpc) is 3.45. The molecule has 0 spiro atoms. The molecule has 0 saturated heterocycles. The first-order valence-electron chi connectivity index (χ1n) is 11.2. The van der Waals surface area contributed by atoms with E-state index in [2.05, 4.69) is 9.88 Å². The molecular weight excluding hydrogens is 454 g/mol. The van der Waals surface area contributed by atoms with Gasteiger partial charge in [-0.15, -0.1) is 11.3 Å². The van der Waals surface area contributed by atoms with Crippen molar-refractivity contribution in [1.82, 2.24) is 14.9 Å². The van der Waals surface area contributed by atoms with Gasteiger partial charge in [0.05, 0.1) is 24.1 Å². The highest BCUT2D eigenvalue weighted by Gasteiger charge is 2.20. The fourth-order valence-electron chi connectivity index (χ4n) is 3.57. The van der Waals surface area contributed by atoms with E-state index in [0.717, 1.165) is 53.0 Å². The SMILES string of the molecule is COCCCNC(=O)c1cc(-c2csc(COc3ccc(OC)cc3)n2)n(CCCOC)c1C. The van der Waals surface area contributed by atoms with Crippen LogP contribution in [0.4, 0.5) is 0 Å². The number of benzene rings is 1. The average molecular weight is 488 g/mol. The Hall–Kier alpha value is -2.88. The molecule has 8 nitrogen and oxygen atoms in total. The van der Waals surface area contributed by atoms with Crippen molar-refractivity contribution in [2.45, 2.75) is 32.9 Å². The number of hydrogen-bond donors (Lipinski definition) is 1. The summed E-state index contributed by atoms with van der Waals surface area (Å²) in [7, 11) is 4.98. The van der Waals surface area contributed by atoms with Gasteiger partial charge in [-0.1, -0.05) is 0 Å². The van der Waals surface area contributed by atoms with Gasteiger partial charge in [0.2, 0.25) is 0 Å². The van der Waals surface area contributed by atoms with Crippen LogP contribution in [0.2, 0.25) is 0 Å². The second-order valence-corrected chi connectivity index (χ2v) is 8.66. The summed E-state index contributed by atoms with van der Waals surface area (Å²) in [6.07, 6.45) is 1.61. The monoisotopic (exact) mass is 487 g/mol. The van der Waals surface area contributed by atoms with Crippen molar-refractivity contribution in [3.63, 3.8) is 0 Å². The van der Waals surface area contributed by atoms with E-state index in [4.69, 9.17) is 23.9 Å². The number of hydrogen-bond acceptors (Lipinski definition) is 7. The first kappa shape index (κ1) is 25.7. The van der Waals surface area contributed by atoms with Gasteiger partial charge in [-0.3, -0.25) is 4.79 Å². The van der Waals surface area contributed by atoms with Crippen LogP contribution in [0.3, 0.4) is 0 Å². The van der Waals surface area contributed by atoms with Gasteiger partial charge >= 0.3 is 0 Å². The number of amides is 1. The summed E-state index contributed by atoms with van der Waals surface area (Å²) in [6.45, 7) is 4.91. The van der Waals surface area contributed by atoms with Gasteiger partial charge in [-0.2, -0.15) is 0 Å². The van der Waals surface area contributed by atoms with Gasteiger partial charge < -0.3 is 28.8 Å². The van der Waals surface area contributed by atoms with Gasteiger partial charge in [-0.05, 0) is 50.1 Å². The molecule has 0 aliphatic carbocycles. The Bertz CT molecular complexity index is 1050. The van der Waals surface area contributed by atoms with Crippen LogP contribution in [0.1, 0.15) is 33.9 Å². The number of carbonyl (C=O) groups excluding carboxylic acids is 1. The van der Waals surface area contributed by atoms with Crippen molar-refractivity contribution in [2.24, 2.45) is 0 Å². The first-order chi connectivity index (χ1) is 16.6. The molecule has 0 radical (unpaired) electrons. The molecular formula is C25H33N3O5S. The number of ether oxygens (including phenoxy) is 4. The van der Waals surface area contributed by atoms with Crippen molar-refractivity contribution < 1.29 is 23.7 Å². The lowest BCUT2D eigenvalue weighted by Crippen LogP contribution is -2.25. The Kier molecular flexibility index (Phi) is 9.93. The number of nitrogens with zero attached hydrogens (tertiary/aromatic N) is 2. The maximum Gasteiger partial charge on any atom is 0.253 e. The van der Waals surface area contributed by atoms with E-state index < -0.39 is 0 Å². The Morgan fingerprint density at radius 1 is 1.06 bits per heavy atom. The van der Waals surface area contributed by atoms with Gasteiger partial charge in [0.25, 0.3) is 5.91 Å². The molecule has 2 aromatic heterocycles. The van der Waals surface area contributed by atoms with Crippen LogP contribution in [0, 0.1) is 6.92 Å². The molecule has 0 fully saturated rings. The largest absolute Gasteiger partial charge is 0.497 e. The maximum atomic E-state index is 12.8. The van der Waals surface area contributed by atoms with Gasteiger partial charge in [0.15, 0.2) is 0 Å². The molecule has 3 rings (SSSR count). The Morgan fingerprint density at radius 3 is 2.47 bits per heavy atom. The molecule has 34 heavy (non-hydrogen) atoms. The standard InChI is InChI=1S/C25H33N3O5S/c1-18-21(25(29)26-11-5-13-30-2)15-23(28(18)12-6-14-31-3)22-17-34-24(27-22)16-33-20-9-7-19(32-4)8-10-20/h7-10,15,17H,5-6,11-14,16H2,1-4H3,(H,26,29). The number of aromatic nitrogens is 2. The summed E-state index contributed by atoms with van der Waals surface area (Å²) in [6, 6.07) is 9.39. The van der Waals surface area contributed by atoms with Crippen molar-refractivity contribution in [1.29, 1.82) is 0 Å². The van der Waals surface area contributed by atoms with Crippen LogP contribution in [0.25, 0.3) is 11.4 Å². The van der Waals surface area contributed by atoms with Gasteiger partial charge in [-0.25, -0.2) is 4.98 Å². The molecule has 0 unspecified atom stereocenters. The molecule has 184 valence electrons. The van der Waals surface area contributed by atoms with E-state index in [1.54, 1.807) is 21.3 Å². The minimum atomic E-state index is -0.0846. The minimum Gasteiger partial charge on any atom is -0.497 e. The van der Waals surface area contributed by atoms with E-state index in [0.29, 0.717) is 31.9 Å². The zero-order chi connectivity index (χ0) is 24.3. The highest BCUT2D eigenvalue weighted by atomic mass is 32.1. The zero-order valence-electron chi connectivity index (χ0n) is 20.3. The molecule has 0 aliphatic rings. The quantitative estimate of drug-likeness (QED) is 0.341. The molecule has 1 aromatic carbocycles. The summed E-state index contributed by atoms with van der Waals surface area (Å²) in [4.78, 5) is 17.6. The van der Waals surface area contributed by atoms with Crippen LogP contribution in [-0.2, 0) is 22.6 Å². The van der Waals surface area contributed by atoms with Crippen LogP contribution < -0.4 is 14.8 Å². The molecule has 0 aliphatic heterocycles. The lowest BCUT2D eigenvalue weighted by Gasteiger charge is -2.11. The maximum absolute atomic E-state index is 12.8. The summed E-state index contributed by atoms with van der Waals surface area (Å²) in [5.74, 6) is 1.45. The first-order valence-corrected chi connectivity index (χ1v) is 12.1. The molecule has 1 N–H and O–H groups in total. The zero-order valence-corrected chi connectivity index (χ0v) is 21.1. The molecule has 9 heteroatoms. The van der Waals surface area contributed by atoms with Crippen molar-refractivity contribution in [3.8, 4) is 22.9 Å². The topological polar surface area (TPSA) is 83.8 Å². The predicted octanol–water partition coefficient (Wildman–Crippen LogP) is 4.31. The number of rotatable bonds is 14. The number of thiazole rings is 1. The van der Waals surface area contributed by atoms with E-state index >= 15 is 0 Å². The fraction of sp³-hybridized carbons (Fsp3) is 0.440. The fourth-order valence-corrected chi connectivity index (χ4v) is 4.27. The predicted molar refractivity (Wildman–Crippen MR) is 133 cm³/mol. The third-order valence-corrected chi connectivity index (χ3v) is 6.21. The highest BCUT2D eigenvalue weighted by molar-refractivity contribution is 7.09. The van der Waals surface area contributed by atoms with Crippen LogP contribution in [0.5, 0.6) is 11.5 Å². The summed E-state index contributed by atoms with van der Waals surface area (Å²) < 4.78 is 23.5. The number of methoxy groups -OCH3 is 3. The van der Waals surface area contributed by atoms with Crippen molar-refractivity contribution in [2.75, 3.05) is 41.1 Å². The summed E-state index contributed by atoms with van der Waals surface area (Å²) in [5.41, 5.74) is 3.33. The molecule has 0 saturated carbocycles. The highest BCUT2D eigenvalue weighted by Crippen LogP contribution is 2.28. The van der Waals surface area contributed by atoms with E-state index in [1.165, 1.54) is 11.3 Å². The van der Waals surface area contributed by atoms with Crippen LogP contribution >= 0.6 is 11.3 Å². The summed E-state index contributed by atoms with van der Waals surface area (Å²) >= 11 is 1.54. The van der Waals surface area contributed by atoms with Crippen molar-refractivity contribution in [3.05, 3.63) is 52.0 Å². The van der Waals surface area contributed by atoms with Crippen LogP contribution in [-0.4, -0.2) is 56.5 Å². The van der Waals surface area contributed by atoms with Gasteiger partial charge in [0, 0.05) is 51.6 Å². The molecule has 3 aromatic rings. The minimum absolute atomic E-state index is 0.0846. The second-order valence-electron chi connectivity index (χ2n) is 7.72. The Morgan fingerprint density at radius 2 is 1.76 bits per heavy atom. The second kappa shape index (κ2) is 13.1. The Labute approximate surface area is 204 Å².